The molecule has 0 amide bonds. The Morgan fingerprint density at radius 1 is 0.526 bits per heavy atom. The summed E-state index contributed by atoms with van der Waals surface area (Å²) in [5.74, 6) is 0. The van der Waals surface area contributed by atoms with Gasteiger partial charge in [0.25, 0.3) is 0 Å². The van der Waals surface area contributed by atoms with Gasteiger partial charge in [-0.1, -0.05) is 115 Å². The van der Waals surface area contributed by atoms with Gasteiger partial charge in [0.05, 0.1) is 16.6 Å². The zero-order valence-electron chi connectivity index (χ0n) is 22.4. The van der Waals surface area contributed by atoms with E-state index in [4.69, 9.17) is 9.31 Å². The van der Waals surface area contributed by atoms with Crippen LogP contribution >= 0.6 is 0 Å². The second-order valence-corrected chi connectivity index (χ2v) is 11.6. The van der Waals surface area contributed by atoms with Crippen LogP contribution in [0.5, 0.6) is 0 Å². The number of hydrogen-bond donors (Lipinski definition) is 0. The van der Waals surface area contributed by atoms with Crippen LogP contribution in [0, 0.1) is 0 Å². The van der Waals surface area contributed by atoms with Crippen LogP contribution in [-0.2, 0) is 14.7 Å². The van der Waals surface area contributed by atoms with E-state index in [1.807, 2.05) is 0 Å². The second kappa shape index (κ2) is 8.17. The standard InChI is InChI=1S/C35H31BO2/c1-33(2)34(3,4)38-36(37-33)27-21-19-26(20-22-27)35(25-13-6-5-7-14-25)30-17-11-10-16-29(30)32-28-15-9-8-12-24(28)18-23-31(32)35/h5-23H,1-4H3. The fourth-order valence-corrected chi connectivity index (χ4v) is 6.39. The highest BCUT2D eigenvalue weighted by Gasteiger charge is 2.52. The second-order valence-electron chi connectivity index (χ2n) is 11.6. The van der Waals surface area contributed by atoms with Crippen LogP contribution in [-0.4, -0.2) is 18.3 Å². The highest BCUT2D eigenvalue weighted by atomic mass is 16.7. The molecule has 38 heavy (non-hydrogen) atoms. The van der Waals surface area contributed by atoms with E-state index in [1.54, 1.807) is 0 Å². The molecule has 1 unspecified atom stereocenters. The number of hydrogen-bond acceptors (Lipinski definition) is 2. The molecule has 1 fully saturated rings. The molecule has 5 aromatic rings. The lowest BCUT2D eigenvalue weighted by molar-refractivity contribution is 0.00578. The summed E-state index contributed by atoms with van der Waals surface area (Å²) in [7, 11) is -0.381. The molecule has 0 aromatic heterocycles. The van der Waals surface area contributed by atoms with Gasteiger partial charge in [0.1, 0.15) is 0 Å². The van der Waals surface area contributed by atoms with Gasteiger partial charge in [-0.05, 0) is 77.3 Å². The maximum absolute atomic E-state index is 6.36. The van der Waals surface area contributed by atoms with E-state index in [0.717, 1.165) is 5.46 Å². The van der Waals surface area contributed by atoms with Crippen molar-refractivity contribution in [3.63, 3.8) is 0 Å². The van der Waals surface area contributed by atoms with Gasteiger partial charge in [0, 0.05) is 0 Å². The van der Waals surface area contributed by atoms with Crippen LogP contribution in [0.15, 0.2) is 115 Å². The van der Waals surface area contributed by atoms with Gasteiger partial charge in [-0.25, -0.2) is 0 Å². The van der Waals surface area contributed by atoms with E-state index >= 15 is 0 Å². The summed E-state index contributed by atoms with van der Waals surface area (Å²) in [6.07, 6.45) is 0. The van der Waals surface area contributed by atoms with Crippen molar-refractivity contribution in [1.29, 1.82) is 0 Å². The van der Waals surface area contributed by atoms with Crippen molar-refractivity contribution in [3.8, 4) is 11.1 Å². The first kappa shape index (κ1) is 23.5. The zero-order valence-corrected chi connectivity index (χ0v) is 22.4. The highest BCUT2D eigenvalue weighted by molar-refractivity contribution is 6.62. The molecule has 0 spiro atoms. The van der Waals surface area contributed by atoms with Crippen molar-refractivity contribution in [2.24, 2.45) is 0 Å². The molecule has 1 heterocycles. The molecule has 1 aliphatic carbocycles. The summed E-state index contributed by atoms with van der Waals surface area (Å²) < 4.78 is 12.7. The fourth-order valence-electron chi connectivity index (χ4n) is 6.39. The largest absolute Gasteiger partial charge is 0.494 e. The molecule has 0 radical (unpaired) electrons. The monoisotopic (exact) mass is 494 g/mol. The van der Waals surface area contributed by atoms with Crippen LogP contribution in [0.3, 0.4) is 0 Å². The smallest absolute Gasteiger partial charge is 0.399 e. The van der Waals surface area contributed by atoms with Crippen LogP contribution in [0.4, 0.5) is 0 Å². The maximum Gasteiger partial charge on any atom is 0.494 e. The average Bonchev–Trinajstić information content (AvgIpc) is 3.36. The lowest BCUT2D eigenvalue weighted by Gasteiger charge is -2.34. The Kier molecular flexibility index (Phi) is 5.04. The van der Waals surface area contributed by atoms with E-state index in [0.29, 0.717) is 0 Å². The molecule has 2 aliphatic rings. The Balaban J connectivity index is 1.47. The molecule has 186 valence electrons. The Hall–Kier alpha value is -3.66. The lowest BCUT2D eigenvalue weighted by Crippen LogP contribution is -2.41. The quantitative estimate of drug-likeness (QED) is 0.237. The third-order valence-corrected chi connectivity index (χ3v) is 9.01. The maximum atomic E-state index is 6.36. The van der Waals surface area contributed by atoms with E-state index in [9.17, 15) is 0 Å². The van der Waals surface area contributed by atoms with E-state index in [2.05, 4.69) is 143 Å². The Morgan fingerprint density at radius 2 is 1.13 bits per heavy atom. The Bertz CT molecular complexity index is 1650. The molecule has 0 N–H and O–H groups in total. The summed E-state index contributed by atoms with van der Waals surface area (Å²) in [6.45, 7) is 8.40. The van der Waals surface area contributed by atoms with Crippen molar-refractivity contribution < 1.29 is 9.31 Å². The minimum Gasteiger partial charge on any atom is -0.399 e. The first-order valence-corrected chi connectivity index (χ1v) is 13.5. The summed E-state index contributed by atoms with van der Waals surface area (Å²) in [5, 5.41) is 2.56. The molecule has 1 aliphatic heterocycles. The Morgan fingerprint density at radius 3 is 1.87 bits per heavy atom. The Labute approximate surface area is 225 Å². The van der Waals surface area contributed by atoms with Gasteiger partial charge in [-0.2, -0.15) is 0 Å². The topological polar surface area (TPSA) is 18.5 Å². The average molecular weight is 494 g/mol. The van der Waals surface area contributed by atoms with Crippen LogP contribution in [0.1, 0.15) is 49.9 Å². The predicted octanol–water partition coefficient (Wildman–Crippen LogP) is 7.50. The summed E-state index contributed by atoms with van der Waals surface area (Å²) in [4.78, 5) is 0. The van der Waals surface area contributed by atoms with Gasteiger partial charge in [-0.15, -0.1) is 0 Å². The van der Waals surface area contributed by atoms with Crippen LogP contribution in [0.2, 0.25) is 0 Å². The predicted molar refractivity (Wildman–Crippen MR) is 157 cm³/mol. The van der Waals surface area contributed by atoms with Gasteiger partial charge in [-0.3, -0.25) is 0 Å². The summed E-state index contributed by atoms with van der Waals surface area (Å²) >= 11 is 0. The molecular weight excluding hydrogens is 463 g/mol. The number of rotatable bonds is 3. The van der Waals surface area contributed by atoms with Crippen LogP contribution in [0.25, 0.3) is 21.9 Å². The normalized spacial score (nSPS) is 20.9. The minimum atomic E-state index is -0.425. The van der Waals surface area contributed by atoms with Gasteiger partial charge in [0.2, 0.25) is 0 Å². The highest BCUT2D eigenvalue weighted by Crippen LogP contribution is 2.57. The third kappa shape index (κ3) is 3.16. The third-order valence-electron chi connectivity index (χ3n) is 9.01. The van der Waals surface area contributed by atoms with Crippen molar-refractivity contribution >= 4 is 23.4 Å². The molecule has 1 saturated heterocycles. The number of fused-ring (bicyclic) bond motifs is 5. The summed E-state index contributed by atoms with van der Waals surface area (Å²) in [6, 6.07) is 42.1. The fraction of sp³-hybridized carbons (Fsp3) is 0.200. The number of benzene rings is 5. The van der Waals surface area contributed by atoms with Crippen molar-refractivity contribution in [2.75, 3.05) is 0 Å². The SMILES string of the molecule is CC1(C)OB(c2ccc(C3(c4ccccc4)c4ccccc4-c4c3ccc3ccccc43)cc2)OC1(C)C. The zero-order chi connectivity index (χ0) is 26.1. The molecule has 2 nitrogen and oxygen atoms in total. The molecule has 5 aromatic carbocycles. The molecular formula is C35H31BO2. The molecule has 0 saturated carbocycles. The molecule has 1 atom stereocenters. The van der Waals surface area contributed by atoms with Crippen molar-refractivity contribution in [2.45, 2.75) is 44.3 Å². The van der Waals surface area contributed by atoms with Gasteiger partial charge in [0.15, 0.2) is 0 Å². The first-order valence-electron chi connectivity index (χ1n) is 13.5. The van der Waals surface area contributed by atoms with E-state index in [-0.39, 0.29) is 18.3 Å². The van der Waals surface area contributed by atoms with Gasteiger partial charge >= 0.3 is 7.12 Å². The molecule has 0 bridgehead atoms. The lowest BCUT2D eigenvalue weighted by atomic mass is 9.66. The molecule has 7 rings (SSSR count). The van der Waals surface area contributed by atoms with Crippen LogP contribution < -0.4 is 5.46 Å². The minimum absolute atomic E-state index is 0.369. The van der Waals surface area contributed by atoms with E-state index in [1.165, 1.54) is 44.2 Å². The molecule has 3 heteroatoms. The van der Waals surface area contributed by atoms with E-state index < -0.39 is 5.41 Å². The first-order chi connectivity index (χ1) is 18.3. The summed E-state index contributed by atoms with van der Waals surface area (Å²) in [5.41, 5.74) is 7.67. The van der Waals surface area contributed by atoms with Crippen molar-refractivity contribution in [1.82, 2.24) is 0 Å². The van der Waals surface area contributed by atoms with Gasteiger partial charge < -0.3 is 9.31 Å². The van der Waals surface area contributed by atoms with Crippen molar-refractivity contribution in [3.05, 3.63) is 138 Å².